The van der Waals surface area contributed by atoms with Crippen LogP contribution in [0.1, 0.15) is 25.2 Å². The first-order chi connectivity index (χ1) is 8.99. The Morgan fingerprint density at radius 1 is 1.32 bits per heavy atom. The van der Waals surface area contributed by atoms with Crippen LogP contribution in [0.3, 0.4) is 0 Å². The lowest BCUT2D eigenvalue weighted by molar-refractivity contribution is -0.125. The van der Waals surface area contributed by atoms with Crippen LogP contribution in [0.2, 0.25) is 0 Å². The Morgan fingerprint density at radius 2 is 2.05 bits per heavy atom. The fourth-order valence-corrected chi connectivity index (χ4v) is 2.73. The number of nitrogens with one attached hydrogen (secondary N) is 2. The summed E-state index contributed by atoms with van der Waals surface area (Å²) in [6.45, 7) is 5.67. The topological polar surface area (TPSA) is 84.0 Å². The number of carbonyl (C=O) groups excluding carboxylic acids is 2. The van der Waals surface area contributed by atoms with Gasteiger partial charge < -0.3 is 10.6 Å². The average Bonchev–Trinajstić information content (AvgIpc) is 2.72. The quantitative estimate of drug-likeness (QED) is 0.775. The van der Waals surface area contributed by atoms with Crippen LogP contribution in [-0.4, -0.2) is 38.9 Å². The third-order valence-electron chi connectivity index (χ3n) is 2.11. The lowest BCUT2D eigenvalue weighted by Crippen LogP contribution is -2.40. The van der Waals surface area contributed by atoms with E-state index in [1.165, 1.54) is 23.5 Å². The van der Waals surface area contributed by atoms with Gasteiger partial charge >= 0.3 is 0 Å². The van der Waals surface area contributed by atoms with Crippen molar-refractivity contribution >= 4 is 35.3 Å². The molecule has 1 aromatic rings. The van der Waals surface area contributed by atoms with Gasteiger partial charge in [-0.2, -0.15) is 8.75 Å². The molecule has 1 rings (SSSR count). The molecule has 0 saturated heterocycles. The van der Waals surface area contributed by atoms with Gasteiger partial charge in [-0.25, -0.2) is 0 Å². The van der Waals surface area contributed by atoms with Gasteiger partial charge in [0.1, 0.15) is 0 Å². The SMILES string of the molecule is Cc1nsnc1CSCC(=O)NCC(=O)NC(C)C. The van der Waals surface area contributed by atoms with Crippen molar-refractivity contribution in [2.24, 2.45) is 0 Å². The van der Waals surface area contributed by atoms with E-state index in [1.807, 2.05) is 20.8 Å². The predicted molar refractivity (Wildman–Crippen MR) is 77.1 cm³/mol. The summed E-state index contributed by atoms with van der Waals surface area (Å²) in [5.74, 6) is 0.650. The van der Waals surface area contributed by atoms with E-state index < -0.39 is 0 Å². The van der Waals surface area contributed by atoms with Gasteiger partial charge in [-0.15, -0.1) is 11.8 Å². The first-order valence-corrected chi connectivity index (χ1v) is 7.79. The van der Waals surface area contributed by atoms with Gasteiger partial charge in [0.2, 0.25) is 11.8 Å². The van der Waals surface area contributed by atoms with E-state index in [4.69, 9.17) is 0 Å². The monoisotopic (exact) mass is 302 g/mol. The van der Waals surface area contributed by atoms with E-state index in [-0.39, 0.29) is 24.4 Å². The lowest BCUT2D eigenvalue weighted by Gasteiger charge is -2.09. The molecule has 0 radical (unpaired) electrons. The second kappa shape index (κ2) is 8.11. The smallest absolute Gasteiger partial charge is 0.239 e. The molecule has 0 aliphatic heterocycles. The summed E-state index contributed by atoms with van der Waals surface area (Å²) in [6.07, 6.45) is 0. The van der Waals surface area contributed by atoms with Crippen LogP contribution in [-0.2, 0) is 15.3 Å². The molecule has 0 saturated carbocycles. The van der Waals surface area contributed by atoms with Crippen molar-refractivity contribution in [2.45, 2.75) is 32.6 Å². The second-order valence-electron chi connectivity index (χ2n) is 4.29. The summed E-state index contributed by atoms with van der Waals surface area (Å²) in [5.41, 5.74) is 1.83. The molecule has 0 bridgehead atoms. The molecule has 2 N–H and O–H groups in total. The summed E-state index contributed by atoms with van der Waals surface area (Å²) >= 11 is 2.64. The number of thioether (sulfide) groups is 1. The Hall–Kier alpha value is -1.15. The van der Waals surface area contributed by atoms with Crippen molar-refractivity contribution in [3.63, 3.8) is 0 Å². The maximum Gasteiger partial charge on any atom is 0.239 e. The molecule has 106 valence electrons. The standard InChI is InChI=1S/C11H18N4O2S2/c1-7(2)13-10(16)4-12-11(17)6-18-5-9-8(3)14-19-15-9/h7H,4-6H2,1-3H3,(H,12,17)(H,13,16). The maximum atomic E-state index is 11.5. The molecular formula is C11H18N4O2S2. The van der Waals surface area contributed by atoms with Crippen molar-refractivity contribution < 1.29 is 9.59 Å². The maximum absolute atomic E-state index is 11.5. The molecule has 0 aliphatic carbocycles. The zero-order valence-corrected chi connectivity index (χ0v) is 12.9. The number of hydrogen-bond donors (Lipinski definition) is 2. The van der Waals surface area contributed by atoms with Crippen LogP contribution in [0.25, 0.3) is 0 Å². The molecule has 0 spiro atoms. The molecule has 1 heterocycles. The predicted octanol–water partition coefficient (Wildman–Crippen LogP) is 0.721. The lowest BCUT2D eigenvalue weighted by atomic mass is 10.4. The Bertz CT molecular complexity index is 434. The van der Waals surface area contributed by atoms with E-state index in [0.29, 0.717) is 11.5 Å². The van der Waals surface area contributed by atoms with Crippen LogP contribution in [0, 0.1) is 6.92 Å². The highest BCUT2D eigenvalue weighted by Crippen LogP contribution is 2.13. The summed E-state index contributed by atoms with van der Waals surface area (Å²) in [6, 6.07) is 0.0823. The summed E-state index contributed by atoms with van der Waals surface area (Å²) in [5, 5.41) is 5.28. The third-order valence-corrected chi connectivity index (χ3v) is 3.72. The molecule has 1 aromatic heterocycles. The highest BCUT2D eigenvalue weighted by molar-refractivity contribution is 7.99. The molecule has 0 aromatic carbocycles. The zero-order valence-electron chi connectivity index (χ0n) is 11.2. The van der Waals surface area contributed by atoms with Gasteiger partial charge in [0.05, 0.1) is 35.4 Å². The van der Waals surface area contributed by atoms with Crippen LogP contribution < -0.4 is 10.6 Å². The minimum Gasteiger partial charge on any atom is -0.352 e. The first-order valence-electron chi connectivity index (χ1n) is 5.91. The molecule has 0 unspecified atom stereocenters. The minimum atomic E-state index is -0.173. The van der Waals surface area contributed by atoms with Gasteiger partial charge in [0, 0.05) is 11.8 Å². The summed E-state index contributed by atoms with van der Waals surface area (Å²) in [7, 11) is 0. The van der Waals surface area contributed by atoms with Crippen LogP contribution >= 0.6 is 23.5 Å². The number of amides is 2. The number of nitrogens with zero attached hydrogens (tertiary/aromatic N) is 2. The van der Waals surface area contributed by atoms with E-state index in [0.717, 1.165) is 11.4 Å². The molecular weight excluding hydrogens is 284 g/mol. The fourth-order valence-electron chi connectivity index (χ4n) is 1.22. The Morgan fingerprint density at radius 3 is 2.63 bits per heavy atom. The average molecular weight is 302 g/mol. The molecule has 0 fully saturated rings. The van der Waals surface area contributed by atoms with Gasteiger partial charge in [-0.1, -0.05) is 0 Å². The summed E-state index contributed by atoms with van der Waals surface area (Å²) < 4.78 is 8.20. The second-order valence-corrected chi connectivity index (χ2v) is 5.80. The third kappa shape index (κ3) is 6.53. The van der Waals surface area contributed by atoms with Gasteiger partial charge in [-0.3, -0.25) is 9.59 Å². The highest BCUT2D eigenvalue weighted by Gasteiger charge is 2.08. The normalized spacial score (nSPS) is 10.5. The van der Waals surface area contributed by atoms with Crippen LogP contribution in [0.5, 0.6) is 0 Å². The molecule has 0 atom stereocenters. The van der Waals surface area contributed by atoms with Crippen molar-refractivity contribution in [2.75, 3.05) is 12.3 Å². The molecule has 19 heavy (non-hydrogen) atoms. The van der Waals surface area contributed by atoms with E-state index in [9.17, 15) is 9.59 Å². The Kier molecular flexibility index (Phi) is 6.79. The number of aryl methyl sites for hydroxylation is 1. The Balaban J connectivity index is 2.15. The Labute approximate surface area is 121 Å². The van der Waals surface area contributed by atoms with Crippen molar-refractivity contribution in [3.8, 4) is 0 Å². The minimum absolute atomic E-state index is 0.0227. The van der Waals surface area contributed by atoms with Crippen LogP contribution in [0.15, 0.2) is 0 Å². The van der Waals surface area contributed by atoms with Gasteiger partial charge in [0.15, 0.2) is 0 Å². The molecule has 2 amide bonds. The number of carbonyl (C=O) groups is 2. The van der Waals surface area contributed by atoms with Crippen molar-refractivity contribution in [1.29, 1.82) is 0 Å². The van der Waals surface area contributed by atoms with Crippen molar-refractivity contribution in [3.05, 3.63) is 11.4 Å². The summed E-state index contributed by atoms with van der Waals surface area (Å²) in [4.78, 5) is 22.8. The number of rotatable bonds is 7. The van der Waals surface area contributed by atoms with E-state index >= 15 is 0 Å². The number of aromatic nitrogens is 2. The molecule has 8 heteroatoms. The van der Waals surface area contributed by atoms with E-state index in [1.54, 1.807) is 0 Å². The number of hydrogen-bond acceptors (Lipinski definition) is 6. The highest BCUT2D eigenvalue weighted by atomic mass is 32.2. The molecule has 0 aliphatic rings. The van der Waals surface area contributed by atoms with Gasteiger partial charge in [-0.05, 0) is 20.8 Å². The van der Waals surface area contributed by atoms with Gasteiger partial charge in [0.25, 0.3) is 0 Å². The fraction of sp³-hybridized carbons (Fsp3) is 0.636. The first kappa shape index (κ1) is 15.9. The van der Waals surface area contributed by atoms with Crippen LogP contribution in [0.4, 0.5) is 0 Å². The van der Waals surface area contributed by atoms with E-state index in [2.05, 4.69) is 19.4 Å². The molecule has 6 nitrogen and oxygen atoms in total. The zero-order chi connectivity index (χ0) is 14.3. The largest absolute Gasteiger partial charge is 0.352 e. The van der Waals surface area contributed by atoms with Crippen molar-refractivity contribution in [1.82, 2.24) is 19.4 Å².